The van der Waals surface area contributed by atoms with Crippen molar-refractivity contribution < 1.29 is 13.2 Å². The summed E-state index contributed by atoms with van der Waals surface area (Å²) in [5.74, 6) is -0.255. The van der Waals surface area contributed by atoms with Gasteiger partial charge in [-0.05, 0) is 140 Å². The van der Waals surface area contributed by atoms with Crippen molar-refractivity contribution in [1.29, 1.82) is 5.26 Å². The van der Waals surface area contributed by atoms with Gasteiger partial charge in [0.15, 0.2) is 0 Å². The van der Waals surface area contributed by atoms with Gasteiger partial charge in [-0.1, -0.05) is 44.0 Å². The normalized spacial score (nSPS) is 20.6. The molecule has 1 fully saturated rings. The Hall–Kier alpha value is -3.06. The number of hydrogen-bond acceptors (Lipinski definition) is 1. The van der Waals surface area contributed by atoms with Gasteiger partial charge in [0.1, 0.15) is 17.5 Å². The molecule has 0 aromatic heterocycles. The molecule has 210 valence electrons. The topological polar surface area (TPSA) is 23.8 Å². The molecule has 0 N–H and O–H groups in total. The van der Waals surface area contributed by atoms with Gasteiger partial charge in [0, 0.05) is 5.56 Å². The molecule has 1 atom stereocenters. The maximum absolute atomic E-state index is 15.8. The molecule has 0 saturated heterocycles. The molecule has 0 spiro atoms. The smallest absolute Gasteiger partial charge is 0.133 e. The molecule has 0 amide bonds. The summed E-state index contributed by atoms with van der Waals surface area (Å²) in [4.78, 5) is 0. The number of unbranched alkanes of at least 4 members (excludes halogenated alkanes) is 2. The molecule has 2 aliphatic rings. The second-order valence-corrected chi connectivity index (χ2v) is 12.0. The largest absolute Gasteiger partial charge is 0.207 e. The molecule has 3 aromatic carbocycles. The fourth-order valence-electron chi connectivity index (χ4n) is 6.99. The number of rotatable bonds is 9. The van der Waals surface area contributed by atoms with Crippen LogP contribution < -0.4 is 0 Å². The highest BCUT2D eigenvalue weighted by molar-refractivity contribution is 5.40. The Labute approximate surface area is 237 Å². The van der Waals surface area contributed by atoms with Crippen molar-refractivity contribution in [3.05, 3.63) is 105 Å². The van der Waals surface area contributed by atoms with Crippen molar-refractivity contribution in [2.45, 2.75) is 102 Å². The summed E-state index contributed by atoms with van der Waals surface area (Å²) >= 11 is 0. The third-order valence-electron chi connectivity index (χ3n) is 9.41. The van der Waals surface area contributed by atoms with Gasteiger partial charge in [0.25, 0.3) is 0 Å². The number of nitriles is 1. The molecule has 40 heavy (non-hydrogen) atoms. The van der Waals surface area contributed by atoms with E-state index in [9.17, 15) is 4.39 Å². The molecule has 0 heterocycles. The van der Waals surface area contributed by atoms with E-state index < -0.39 is 5.82 Å². The highest BCUT2D eigenvalue weighted by Gasteiger charge is 2.31. The molecule has 0 aliphatic heterocycles. The van der Waals surface area contributed by atoms with Crippen molar-refractivity contribution in [2.24, 2.45) is 5.92 Å². The van der Waals surface area contributed by atoms with Gasteiger partial charge in [-0.2, -0.15) is 5.26 Å². The third kappa shape index (κ3) is 6.46. The standard InChI is InChI=1S/C36H40F3N/c1-2-3-4-5-24-6-13-29(33(37)21-24)14-7-25-10-19-32-31(20-25)22-34(38)35(36(32)39)30-17-15-28(16-18-30)27-11-8-26(23-40)9-12-27/h6,8-9,11-13,21-22,25,28,30H,2-5,7,10,14-20H2,1H3. The Kier molecular flexibility index (Phi) is 9.30. The van der Waals surface area contributed by atoms with E-state index in [0.29, 0.717) is 42.2 Å². The van der Waals surface area contributed by atoms with Crippen LogP contribution in [0.3, 0.4) is 0 Å². The SMILES string of the molecule is CCCCCc1ccc(CCC2CCc3c(cc(F)c(C4CCC(c5ccc(C#N)cc5)CC4)c3F)C2)c(F)c1. The molecule has 4 heteroatoms. The zero-order chi connectivity index (χ0) is 28.1. The second-order valence-electron chi connectivity index (χ2n) is 12.0. The summed E-state index contributed by atoms with van der Waals surface area (Å²) in [7, 11) is 0. The summed E-state index contributed by atoms with van der Waals surface area (Å²) in [5.41, 5.74) is 5.45. The lowest BCUT2D eigenvalue weighted by Gasteiger charge is -2.31. The number of halogens is 3. The summed E-state index contributed by atoms with van der Waals surface area (Å²) in [6, 6.07) is 17.1. The van der Waals surface area contributed by atoms with Gasteiger partial charge in [0.2, 0.25) is 0 Å². The minimum atomic E-state index is -0.400. The number of nitrogens with zero attached hydrogens (tertiary/aromatic N) is 1. The molecule has 1 saturated carbocycles. The summed E-state index contributed by atoms with van der Waals surface area (Å²) in [5, 5.41) is 9.04. The molecule has 3 aromatic rings. The quantitative estimate of drug-likeness (QED) is 0.246. The van der Waals surface area contributed by atoms with Gasteiger partial charge in [-0.25, -0.2) is 13.2 Å². The Morgan fingerprint density at radius 3 is 2.27 bits per heavy atom. The van der Waals surface area contributed by atoms with E-state index >= 15 is 8.78 Å². The van der Waals surface area contributed by atoms with Crippen LogP contribution in [0, 0.1) is 34.7 Å². The van der Waals surface area contributed by atoms with Crippen molar-refractivity contribution in [3.63, 3.8) is 0 Å². The van der Waals surface area contributed by atoms with Crippen LogP contribution in [0.4, 0.5) is 13.2 Å². The van der Waals surface area contributed by atoms with E-state index in [1.165, 1.54) is 5.56 Å². The first kappa shape index (κ1) is 28.5. The lowest BCUT2D eigenvalue weighted by molar-refractivity contribution is 0.369. The van der Waals surface area contributed by atoms with Gasteiger partial charge in [0.05, 0.1) is 11.6 Å². The highest BCUT2D eigenvalue weighted by atomic mass is 19.1. The van der Waals surface area contributed by atoms with Crippen LogP contribution in [0.15, 0.2) is 48.5 Å². The van der Waals surface area contributed by atoms with Crippen LogP contribution in [0.25, 0.3) is 0 Å². The van der Waals surface area contributed by atoms with E-state index in [0.717, 1.165) is 80.9 Å². The molecule has 1 nitrogen and oxygen atoms in total. The fraction of sp³-hybridized carbons (Fsp3) is 0.472. The lowest BCUT2D eigenvalue weighted by atomic mass is 9.74. The summed E-state index contributed by atoms with van der Waals surface area (Å²) < 4.78 is 45.9. The van der Waals surface area contributed by atoms with E-state index in [4.69, 9.17) is 5.26 Å². The summed E-state index contributed by atoms with van der Waals surface area (Å²) in [6.45, 7) is 2.17. The summed E-state index contributed by atoms with van der Waals surface area (Å²) in [6.07, 6.45) is 11.3. The zero-order valence-corrected chi connectivity index (χ0v) is 23.6. The number of benzene rings is 3. The minimum Gasteiger partial charge on any atom is -0.207 e. The molecule has 0 radical (unpaired) electrons. The second kappa shape index (κ2) is 13.1. The van der Waals surface area contributed by atoms with E-state index in [1.807, 2.05) is 36.4 Å². The van der Waals surface area contributed by atoms with Crippen molar-refractivity contribution >= 4 is 0 Å². The van der Waals surface area contributed by atoms with E-state index in [-0.39, 0.29) is 23.1 Å². The van der Waals surface area contributed by atoms with Gasteiger partial charge < -0.3 is 0 Å². The number of fused-ring (bicyclic) bond motifs is 1. The Bertz CT molecular complexity index is 1350. The average Bonchev–Trinajstić information content (AvgIpc) is 2.97. The highest BCUT2D eigenvalue weighted by Crippen LogP contribution is 2.44. The third-order valence-corrected chi connectivity index (χ3v) is 9.41. The van der Waals surface area contributed by atoms with Gasteiger partial charge in [-0.15, -0.1) is 0 Å². The van der Waals surface area contributed by atoms with Gasteiger partial charge >= 0.3 is 0 Å². The molecule has 2 aliphatic carbocycles. The Morgan fingerprint density at radius 1 is 0.825 bits per heavy atom. The van der Waals surface area contributed by atoms with Crippen LogP contribution in [0.2, 0.25) is 0 Å². The fourth-order valence-corrected chi connectivity index (χ4v) is 6.99. The molecular weight excluding hydrogens is 503 g/mol. The number of hydrogen-bond donors (Lipinski definition) is 0. The maximum atomic E-state index is 15.8. The monoisotopic (exact) mass is 543 g/mol. The first-order valence-electron chi connectivity index (χ1n) is 15.2. The number of aryl methyl sites for hydroxylation is 2. The van der Waals surface area contributed by atoms with Crippen molar-refractivity contribution in [1.82, 2.24) is 0 Å². The Morgan fingerprint density at radius 2 is 1.57 bits per heavy atom. The predicted octanol–water partition coefficient (Wildman–Crippen LogP) is 9.89. The van der Waals surface area contributed by atoms with Crippen molar-refractivity contribution in [3.8, 4) is 6.07 Å². The first-order chi connectivity index (χ1) is 19.5. The van der Waals surface area contributed by atoms with E-state index in [1.54, 1.807) is 12.1 Å². The average molecular weight is 544 g/mol. The molecule has 1 unspecified atom stereocenters. The molecule has 5 rings (SSSR count). The van der Waals surface area contributed by atoms with E-state index in [2.05, 4.69) is 13.0 Å². The van der Waals surface area contributed by atoms with Crippen LogP contribution in [-0.2, 0) is 25.7 Å². The molecular formula is C36H40F3N. The van der Waals surface area contributed by atoms with Crippen LogP contribution in [0.5, 0.6) is 0 Å². The Balaban J connectivity index is 1.19. The zero-order valence-electron chi connectivity index (χ0n) is 23.6. The predicted molar refractivity (Wildman–Crippen MR) is 155 cm³/mol. The molecule has 0 bridgehead atoms. The first-order valence-corrected chi connectivity index (χ1v) is 15.2. The lowest BCUT2D eigenvalue weighted by Crippen LogP contribution is -2.20. The van der Waals surface area contributed by atoms with Crippen LogP contribution in [0.1, 0.15) is 115 Å². The maximum Gasteiger partial charge on any atom is 0.133 e. The van der Waals surface area contributed by atoms with Crippen LogP contribution in [-0.4, -0.2) is 0 Å². The minimum absolute atomic E-state index is 0.0921. The van der Waals surface area contributed by atoms with Gasteiger partial charge in [-0.3, -0.25) is 0 Å². The van der Waals surface area contributed by atoms with Crippen molar-refractivity contribution in [2.75, 3.05) is 0 Å². The van der Waals surface area contributed by atoms with Crippen LogP contribution >= 0.6 is 0 Å².